The molecule has 2 aromatic heterocycles. The lowest BCUT2D eigenvalue weighted by atomic mass is 9.97. The Morgan fingerprint density at radius 3 is 3.05 bits per heavy atom. The van der Waals surface area contributed by atoms with Gasteiger partial charge in [0.15, 0.2) is 0 Å². The minimum Gasteiger partial charge on any atom is -0.350 e. The SMILES string of the molecule is O=C(NCCn1nc2c(cc1=O)CCCC2)c1cn[nH]c1. The van der Waals surface area contributed by atoms with Gasteiger partial charge in [-0.25, -0.2) is 4.68 Å². The minimum absolute atomic E-state index is 0.104. The summed E-state index contributed by atoms with van der Waals surface area (Å²) in [4.78, 5) is 23.7. The van der Waals surface area contributed by atoms with Crippen molar-refractivity contribution in [2.24, 2.45) is 0 Å². The van der Waals surface area contributed by atoms with Gasteiger partial charge in [-0.2, -0.15) is 10.2 Å². The number of hydrogen-bond donors (Lipinski definition) is 2. The highest BCUT2D eigenvalue weighted by Crippen LogP contribution is 2.16. The molecule has 1 aliphatic rings. The van der Waals surface area contributed by atoms with Gasteiger partial charge in [0.05, 0.1) is 24.0 Å². The van der Waals surface area contributed by atoms with E-state index in [4.69, 9.17) is 0 Å². The zero-order chi connectivity index (χ0) is 14.7. The average Bonchev–Trinajstić information content (AvgIpc) is 3.02. The summed E-state index contributed by atoms with van der Waals surface area (Å²) in [5.74, 6) is -0.213. The molecule has 0 spiro atoms. The molecule has 2 N–H and O–H groups in total. The van der Waals surface area contributed by atoms with Crippen LogP contribution in [0.4, 0.5) is 0 Å². The topological polar surface area (TPSA) is 92.7 Å². The molecule has 0 saturated heterocycles. The fraction of sp³-hybridized carbons (Fsp3) is 0.429. The van der Waals surface area contributed by atoms with Gasteiger partial charge in [0.1, 0.15) is 0 Å². The number of nitrogens with one attached hydrogen (secondary N) is 2. The van der Waals surface area contributed by atoms with Crippen LogP contribution in [0.1, 0.15) is 34.5 Å². The molecule has 0 radical (unpaired) electrons. The van der Waals surface area contributed by atoms with E-state index in [0.29, 0.717) is 18.7 Å². The normalized spacial score (nSPS) is 13.7. The first-order valence-corrected chi connectivity index (χ1v) is 7.11. The molecular weight excluding hydrogens is 270 g/mol. The summed E-state index contributed by atoms with van der Waals surface area (Å²) >= 11 is 0. The summed E-state index contributed by atoms with van der Waals surface area (Å²) in [5.41, 5.74) is 2.46. The molecule has 0 bridgehead atoms. The summed E-state index contributed by atoms with van der Waals surface area (Å²) in [6.07, 6.45) is 7.10. The third kappa shape index (κ3) is 3.01. The highest BCUT2D eigenvalue weighted by atomic mass is 16.2. The first-order valence-electron chi connectivity index (χ1n) is 7.11. The van der Waals surface area contributed by atoms with E-state index in [2.05, 4.69) is 20.6 Å². The van der Waals surface area contributed by atoms with Crippen molar-refractivity contribution >= 4 is 5.91 Å². The third-order valence-corrected chi connectivity index (χ3v) is 3.64. The summed E-state index contributed by atoms with van der Waals surface area (Å²) in [5, 5.41) is 13.5. The maximum Gasteiger partial charge on any atom is 0.267 e. The van der Waals surface area contributed by atoms with E-state index in [-0.39, 0.29) is 11.5 Å². The smallest absolute Gasteiger partial charge is 0.267 e. The predicted molar refractivity (Wildman–Crippen MR) is 76.1 cm³/mol. The molecule has 0 saturated carbocycles. The van der Waals surface area contributed by atoms with E-state index < -0.39 is 0 Å². The Hall–Kier alpha value is -2.44. The number of fused-ring (bicyclic) bond motifs is 1. The lowest BCUT2D eigenvalue weighted by Crippen LogP contribution is -2.33. The maximum absolute atomic E-state index is 12.0. The minimum atomic E-state index is -0.213. The second-order valence-corrected chi connectivity index (χ2v) is 5.13. The Labute approximate surface area is 121 Å². The molecule has 2 aromatic rings. The van der Waals surface area contributed by atoms with Crippen molar-refractivity contribution in [1.82, 2.24) is 25.3 Å². The first kappa shape index (κ1) is 13.5. The zero-order valence-electron chi connectivity index (χ0n) is 11.6. The number of aryl methyl sites for hydroxylation is 2. The zero-order valence-corrected chi connectivity index (χ0v) is 11.6. The van der Waals surface area contributed by atoms with E-state index in [9.17, 15) is 9.59 Å². The summed E-state index contributed by atoms with van der Waals surface area (Å²) in [6.45, 7) is 0.728. The van der Waals surface area contributed by atoms with Crippen LogP contribution in [0, 0.1) is 0 Å². The fourth-order valence-electron chi connectivity index (χ4n) is 2.51. The molecule has 3 rings (SSSR count). The van der Waals surface area contributed by atoms with E-state index in [1.807, 2.05) is 0 Å². The summed E-state index contributed by atoms with van der Waals surface area (Å²) < 4.78 is 1.43. The van der Waals surface area contributed by atoms with Crippen molar-refractivity contribution in [2.45, 2.75) is 32.2 Å². The number of hydrogen-bond acceptors (Lipinski definition) is 4. The largest absolute Gasteiger partial charge is 0.350 e. The molecule has 0 unspecified atom stereocenters. The van der Waals surface area contributed by atoms with Gasteiger partial charge < -0.3 is 5.32 Å². The highest BCUT2D eigenvalue weighted by molar-refractivity contribution is 5.93. The van der Waals surface area contributed by atoms with Crippen LogP contribution in [0.5, 0.6) is 0 Å². The molecule has 0 aromatic carbocycles. The van der Waals surface area contributed by atoms with E-state index in [1.165, 1.54) is 17.1 Å². The van der Waals surface area contributed by atoms with Crippen molar-refractivity contribution in [3.05, 3.63) is 45.6 Å². The number of carbonyl (C=O) groups is 1. The Morgan fingerprint density at radius 2 is 2.24 bits per heavy atom. The van der Waals surface area contributed by atoms with E-state index in [1.54, 1.807) is 6.07 Å². The first-order chi connectivity index (χ1) is 10.2. The standard InChI is InChI=1S/C14H17N5O2/c20-13-7-10-3-1-2-4-12(10)18-19(13)6-5-15-14(21)11-8-16-17-9-11/h7-9H,1-6H2,(H,15,21)(H,16,17). The lowest BCUT2D eigenvalue weighted by molar-refractivity contribution is 0.0952. The fourth-order valence-corrected chi connectivity index (χ4v) is 2.51. The summed E-state index contributed by atoms with van der Waals surface area (Å²) in [7, 11) is 0. The second-order valence-electron chi connectivity index (χ2n) is 5.13. The van der Waals surface area contributed by atoms with Gasteiger partial charge in [0, 0.05) is 18.8 Å². The van der Waals surface area contributed by atoms with Crippen LogP contribution in [0.2, 0.25) is 0 Å². The van der Waals surface area contributed by atoms with Crippen LogP contribution < -0.4 is 10.9 Å². The van der Waals surface area contributed by atoms with Gasteiger partial charge in [-0.15, -0.1) is 0 Å². The van der Waals surface area contributed by atoms with Crippen LogP contribution in [-0.2, 0) is 19.4 Å². The molecule has 21 heavy (non-hydrogen) atoms. The second kappa shape index (κ2) is 5.90. The van der Waals surface area contributed by atoms with E-state index >= 15 is 0 Å². The van der Waals surface area contributed by atoms with Crippen molar-refractivity contribution in [1.29, 1.82) is 0 Å². The Morgan fingerprint density at radius 1 is 1.38 bits per heavy atom. The van der Waals surface area contributed by atoms with Crippen LogP contribution in [0.25, 0.3) is 0 Å². The molecule has 0 fully saturated rings. The molecule has 2 heterocycles. The molecule has 0 atom stereocenters. The maximum atomic E-state index is 12.0. The van der Waals surface area contributed by atoms with Crippen molar-refractivity contribution < 1.29 is 4.79 Å². The van der Waals surface area contributed by atoms with Crippen LogP contribution >= 0.6 is 0 Å². The Bertz CT molecular complexity index is 690. The van der Waals surface area contributed by atoms with Crippen LogP contribution in [0.15, 0.2) is 23.3 Å². The Balaban J connectivity index is 1.63. The molecule has 7 heteroatoms. The van der Waals surface area contributed by atoms with Gasteiger partial charge in [-0.3, -0.25) is 14.7 Å². The molecule has 7 nitrogen and oxygen atoms in total. The molecule has 1 aliphatic carbocycles. The highest BCUT2D eigenvalue weighted by Gasteiger charge is 2.13. The molecule has 1 amide bonds. The lowest BCUT2D eigenvalue weighted by Gasteiger charge is -2.15. The third-order valence-electron chi connectivity index (χ3n) is 3.64. The number of nitrogens with zero attached hydrogens (tertiary/aromatic N) is 3. The van der Waals surface area contributed by atoms with Crippen LogP contribution in [-0.4, -0.2) is 32.4 Å². The van der Waals surface area contributed by atoms with Gasteiger partial charge in [0.25, 0.3) is 11.5 Å². The van der Waals surface area contributed by atoms with Gasteiger partial charge in [0.2, 0.25) is 0 Å². The number of aromatic nitrogens is 4. The number of aromatic amines is 1. The van der Waals surface area contributed by atoms with Gasteiger partial charge >= 0.3 is 0 Å². The summed E-state index contributed by atoms with van der Waals surface area (Å²) in [6, 6.07) is 1.68. The monoisotopic (exact) mass is 287 g/mol. The Kier molecular flexibility index (Phi) is 3.81. The molecular formula is C14H17N5O2. The quantitative estimate of drug-likeness (QED) is 0.844. The number of rotatable bonds is 4. The molecule has 110 valence electrons. The van der Waals surface area contributed by atoms with Crippen molar-refractivity contribution in [3.8, 4) is 0 Å². The van der Waals surface area contributed by atoms with Gasteiger partial charge in [-0.1, -0.05) is 0 Å². The van der Waals surface area contributed by atoms with Crippen molar-refractivity contribution in [3.63, 3.8) is 0 Å². The number of H-pyrrole nitrogens is 1. The molecule has 0 aliphatic heterocycles. The number of amides is 1. The van der Waals surface area contributed by atoms with Crippen LogP contribution in [0.3, 0.4) is 0 Å². The number of carbonyl (C=O) groups excluding carboxylic acids is 1. The van der Waals surface area contributed by atoms with Gasteiger partial charge in [-0.05, 0) is 31.2 Å². The average molecular weight is 287 g/mol. The van der Waals surface area contributed by atoms with Crippen molar-refractivity contribution in [2.75, 3.05) is 6.54 Å². The van der Waals surface area contributed by atoms with E-state index in [0.717, 1.165) is 36.9 Å². The predicted octanol–water partition coefficient (Wildman–Crippen LogP) is 0.275.